The summed E-state index contributed by atoms with van der Waals surface area (Å²) < 4.78 is 5.80. The maximum atomic E-state index is 11.2. The first-order valence-corrected chi connectivity index (χ1v) is 6.90. The number of morpholine rings is 1. The summed E-state index contributed by atoms with van der Waals surface area (Å²) >= 11 is 0. The van der Waals surface area contributed by atoms with Gasteiger partial charge in [-0.3, -0.25) is 10.1 Å². The largest absolute Gasteiger partial charge is 0.370 e. The third-order valence-corrected chi connectivity index (χ3v) is 3.66. The lowest BCUT2D eigenvalue weighted by molar-refractivity contribution is -0.384. The van der Waals surface area contributed by atoms with Gasteiger partial charge in [-0.15, -0.1) is 0 Å². The molecule has 0 saturated carbocycles. The maximum Gasteiger partial charge on any atom is 0.292 e. The molecular weight excluding hydrogens is 268 g/mol. The first-order valence-electron chi connectivity index (χ1n) is 6.90. The van der Waals surface area contributed by atoms with E-state index in [1.165, 1.54) is 0 Å². The number of rotatable bonds is 3. The van der Waals surface area contributed by atoms with Crippen LogP contribution in [0.5, 0.6) is 0 Å². The number of nitrogens with zero attached hydrogens (tertiary/aromatic N) is 2. The number of hydrogen-bond acceptors (Lipinski definition) is 4. The minimum Gasteiger partial charge on any atom is -0.370 e. The van der Waals surface area contributed by atoms with E-state index in [0.29, 0.717) is 25.4 Å². The summed E-state index contributed by atoms with van der Waals surface area (Å²) in [5.74, 6) is 0. The van der Waals surface area contributed by atoms with Crippen LogP contribution in [0.15, 0.2) is 54.6 Å². The maximum absolute atomic E-state index is 11.2. The molecule has 1 saturated heterocycles. The van der Waals surface area contributed by atoms with Crippen LogP contribution in [0.25, 0.3) is 0 Å². The second kappa shape index (κ2) is 5.93. The van der Waals surface area contributed by atoms with Crippen molar-refractivity contribution in [3.63, 3.8) is 0 Å². The van der Waals surface area contributed by atoms with Gasteiger partial charge in [-0.05, 0) is 11.6 Å². The molecule has 0 aromatic heterocycles. The van der Waals surface area contributed by atoms with Crippen molar-refractivity contribution in [2.75, 3.05) is 24.6 Å². The lowest BCUT2D eigenvalue weighted by atomic mass is 10.1. The summed E-state index contributed by atoms with van der Waals surface area (Å²) in [4.78, 5) is 12.9. The second-order valence-electron chi connectivity index (χ2n) is 4.96. The highest BCUT2D eigenvalue weighted by Gasteiger charge is 2.26. The molecule has 0 spiro atoms. The van der Waals surface area contributed by atoms with Crippen molar-refractivity contribution in [2.45, 2.75) is 6.10 Å². The van der Waals surface area contributed by atoms with Crippen LogP contribution in [0.1, 0.15) is 11.7 Å². The SMILES string of the molecule is O=[N+]([O-])c1ccccc1N1CCOC(c2ccccc2)C1. The molecule has 1 aliphatic rings. The molecule has 0 N–H and O–H groups in total. The molecule has 0 amide bonds. The fourth-order valence-electron chi connectivity index (χ4n) is 2.62. The standard InChI is InChI=1S/C16H16N2O3/c19-18(20)15-9-5-4-8-14(15)17-10-11-21-16(12-17)13-6-2-1-3-7-13/h1-9,16H,10-12H2. The van der Waals surface area contributed by atoms with Gasteiger partial charge in [0.25, 0.3) is 5.69 Å². The minimum absolute atomic E-state index is 0.0558. The Bertz CT molecular complexity index is 630. The van der Waals surface area contributed by atoms with Crippen LogP contribution in [0.2, 0.25) is 0 Å². The molecule has 1 fully saturated rings. The molecule has 0 radical (unpaired) electrons. The monoisotopic (exact) mass is 284 g/mol. The van der Waals surface area contributed by atoms with E-state index in [9.17, 15) is 10.1 Å². The van der Waals surface area contributed by atoms with Crippen molar-refractivity contribution in [2.24, 2.45) is 0 Å². The molecule has 1 aliphatic heterocycles. The molecular formula is C16H16N2O3. The minimum atomic E-state index is -0.331. The van der Waals surface area contributed by atoms with Crippen LogP contribution in [-0.4, -0.2) is 24.6 Å². The van der Waals surface area contributed by atoms with E-state index in [1.54, 1.807) is 18.2 Å². The number of nitro groups is 1. The first kappa shape index (κ1) is 13.6. The highest BCUT2D eigenvalue weighted by atomic mass is 16.6. The van der Waals surface area contributed by atoms with E-state index in [4.69, 9.17) is 4.74 Å². The summed E-state index contributed by atoms with van der Waals surface area (Å²) in [6, 6.07) is 16.8. The third-order valence-electron chi connectivity index (χ3n) is 3.66. The van der Waals surface area contributed by atoms with Crippen molar-refractivity contribution < 1.29 is 9.66 Å². The van der Waals surface area contributed by atoms with Crippen molar-refractivity contribution in [3.05, 3.63) is 70.3 Å². The molecule has 1 unspecified atom stereocenters. The number of hydrogen-bond donors (Lipinski definition) is 0. The fraction of sp³-hybridized carbons (Fsp3) is 0.250. The van der Waals surface area contributed by atoms with Crippen molar-refractivity contribution >= 4 is 11.4 Å². The summed E-state index contributed by atoms with van der Waals surface area (Å²) in [7, 11) is 0. The fourth-order valence-corrected chi connectivity index (χ4v) is 2.62. The second-order valence-corrected chi connectivity index (χ2v) is 4.96. The number of nitro benzene ring substituents is 1. The Balaban J connectivity index is 1.85. The van der Waals surface area contributed by atoms with Gasteiger partial charge in [0.15, 0.2) is 0 Å². The van der Waals surface area contributed by atoms with Gasteiger partial charge in [0.05, 0.1) is 11.5 Å². The third kappa shape index (κ3) is 2.87. The van der Waals surface area contributed by atoms with Gasteiger partial charge in [0.2, 0.25) is 0 Å². The van der Waals surface area contributed by atoms with E-state index in [0.717, 1.165) is 5.56 Å². The Morgan fingerprint density at radius 2 is 1.81 bits per heavy atom. The zero-order chi connectivity index (χ0) is 14.7. The van der Waals surface area contributed by atoms with Gasteiger partial charge < -0.3 is 9.64 Å². The van der Waals surface area contributed by atoms with Gasteiger partial charge in [0.1, 0.15) is 11.8 Å². The molecule has 0 bridgehead atoms. The van der Waals surface area contributed by atoms with Gasteiger partial charge in [-0.25, -0.2) is 0 Å². The molecule has 3 rings (SSSR count). The highest BCUT2D eigenvalue weighted by molar-refractivity contribution is 5.63. The predicted octanol–water partition coefficient (Wildman–Crippen LogP) is 3.17. The zero-order valence-corrected chi connectivity index (χ0v) is 11.5. The Labute approximate surface area is 122 Å². The average molecular weight is 284 g/mol. The molecule has 108 valence electrons. The summed E-state index contributed by atoms with van der Waals surface area (Å²) in [5.41, 5.74) is 1.90. The zero-order valence-electron chi connectivity index (χ0n) is 11.5. The molecule has 0 aliphatic carbocycles. The van der Waals surface area contributed by atoms with E-state index in [2.05, 4.69) is 0 Å². The van der Waals surface area contributed by atoms with E-state index in [1.807, 2.05) is 41.3 Å². The van der Waals surface area contributed by atoms with Crippen LogP contribution in [0.4, 0.5) is 11.4 Å². The Morgan fingerprint density at radius 3 is 2.57 bits per heavy atom. The average Bonchev–Trinajstić information content (AvgIpc) is 2.56. The van der Waals surface area contributed by atoms with E-state index >= 15 is 0 Å². The molecule has 2 aromatic carbocycles. The van der Waals surface area contributed by atoms with Crippen LogP contribution in [0, 0.1) is 10.1 Å². The number of para-hydroxylation sites is 2. The molecule has 1 heterocycles. The predicted molar refractivity (Wildman–Crippen MR) is 80.4 cm³/mol. The lowest BCUT2D eigenvalue weighted by Gasteiger charge is -2.34. The van der Waals surface area contributed by atoms with Crippen LogP contribution in [0.3, 0.4) is 0 Å². The molecule has 5 heteroatoms. The van der Waals surface area contributed by atoms with Crippen LogP contribution in [-0.2, 0) is 4.74 Å². The van der Waals surface area contributed by atoms with Crippen molar-refractivity contribution in [3.8, 4) is 0 Å². The number of ether oxygens (including phenoxy) is 1. The van der Waals surface area contributed by atoms with Crippen molar-refractivity contribution in [1.29, 1.82) is 0 Å². The summed E-state index contributed by atoms with van der Waals surface area (Å²) in [6.07, 6.45) is -0.0558. The van der Waals surface area contributed by atoms with E-state index < -0.39 is 0 Å². The lowest BCUT2D eigenvalue weighted by Crippen LogP contribution is -2.38. The number of benzene rings is 2. The van der Waals surface area contributed by atoms with Gasteiger partial charge in [0, 0.05) is 19.2 Å². The topological polar surface area (TPSA) is 55.6 Å². The quantitative estimate of drug-likeness (QED) is 0.641. The molecule has 1 atom stereocenters. The highest BCUT2D eigenvalue weighted by Crippen LogP contribution is 2.31. The Hall–Kier alpha value is -2.40. The van der Waals surface area contributed by atoms with Crippen molar-refractivity contribution in [1.82, 2.24) is 0 Å². The normalized spacial score (nSPS) is 18.5. The summed E-state index contributed by atoms with van der Waals surface area (Å²) in [6.45, 7) is 1.84. The summed E-state index contributed by atoms with van der Waals surface area (Å²) in [5, 5.41) is 11.2. The Morgan fingerprint density at radius 1 is 1.10 bits per heavy atom. The van der Waals surface area contributed by atoms with Gasteiger partial charge in [-0.1, -0.05) is 42.5 Å². The Kier molecular flexibility index (Phi) is 3.83. The molecule has 21 heavy (non-hydrogen) atoms. The molecule has 5 nitrogen and oxygen atoms in total. The number of anilines is 1. The van der Waals surface area contributed by atoms with Crippen LogP contribution >= 0.6 is 0 Å². The van der Waals surface area contributed by atoms with Gasteiger partial charge >= 0.3 is 0 Å². The first-order chi connectivity index (χ1) is 10.3. The van der Waals surface area contributed by atoms with E-state index in [-0.39, 0.29) is 16.7 Å². The van der Waals surface area contributed by atoms with Crippen LogP contribution < -0.4 is 4.90 Å². The van der Waals surface area contributed by atoms with Gasteiger partial charge in [-0.2, -0.15) is 0 Å². The smallest absolute Gasteiger partial charge is 0.292 e. The molecule has 2 aromatic rings.